The standard InChI is InChI=1S/C13H17FN2S/c1-3-4-6-9(2)16-11-8-5-7-10(14)12(11)15-13(16)17/h5,7-9H,3-4,6H2,1-2H3,(H,15,17). The first kappa shape index (κ1) is 12.3. The molecule has 1 heterocycles. The van der Waals surface area contributed by atoms with Crippen LogP contribution in [0.3, 0.4) is 0 Å². The van der Waals surface area contributed by atoms with E-state index in [1.165, 1.54) is 6.07 Å². The summed E-state index contributed by atoms with van der Waals surface area (Å²) in [5.74, 6) is -0.241. The molecule has 1 unspecified atom stereocenters. The van der Waals surface area contributed by atoms with Gasteiger partial charge in [-0.25, -0.2) is 4.39 Å². The maximum absolute atomic E-state index is 13.6. The fourth-order valence-corrected chi connectivity index (χ4v) is 2.56. The number of para-hydroxylation sites is 1. The van der Waals surface area contributed by atoms with Crippen LogP contribution >= 0.6 is 12.2 Å². The number of H-pyrrole nitrogens is 1. The molecule has 2 aromatic rings. The molecule has 0 aliphatic rings. The largest absolute Gasteiger partial charge is 0.328 e. The van der Waals surface area contributed by atoms with Crippen LogP contribution in [0.25, 0.3) is 11.0 Å². The van der Waals surface area contributed by atoms with Crippen LogP contribution in [0.4, 0.5) is 4.39 Å². The van der Waals surface area contributed by atoms with Crippen LogP contribution in [0.1, 0.15) is 39.2 Å². The van der Waals surface area contributed by atoms with Crippen LogP contribution in [-0.2, 0) is 0 Å². The van der Waals surface area contributed by atoms with Gasteiger partial charge in [0, 0.05) is 6.04 Å². The lowest BCUT2D eigenvalue weighted by Gasteiger charge is -2.13. The minimum Gasteiger partial charge on any atom is -0.328 e. The Hall–Kier alpha value is -1.16. The molecular weight excluding hydrogens is 235 g/mol. The second-order valence-corrected chi connectivity index (χ2v) is 4.81. The number of fused-ring (bicyclic) bond motifs is 1. The second-order valence-electron chi connectivity index (χ2n) is 4.43. The lowest BCUT2D eigenvalue weighted by atomic mass is 10.1. The summed E-state index contributed by atoms with van der Waals surface area (Å²) >= 11 is 5.28. The van der Waals surface area contributed by atoms with Crippen LogP contribution in [0.15, 0.2) is 18.2 Å². The highest BCUT2D eigenvalue weighted by molar-refractivity contribution is 7.71. The number of nitrogens with one attached hydrogen (secondary N) is 1. The van der Waals surface area contributed by atoms with Crippen molar-refractivity contribution in [1.82, 2.24) is 9.55 Å². The molecule has 1 aromatic carbocycles. The quantitative estimate of drug-likeness (QED) is 0.789. The van der Waals surface area contributed by atoms with Crippen molar-refractivity contribution in [2.75, 3.05) is 0 Å². The summed E-state index contributed by atoms with van der Waals surface area (Å²) < 4.78 is 16.2. The molecule has 0 aliphatic heterocycles. The van der Waals surface area contributed by atoms with E-state index in [4.69, 9.17) is 12.2 Å². The lowest BCUT2D eigenvalue weighted by molar-refractivity contribution is 0.491. The topological polar surface area (TPSA) is 20.7 Å². The Balaban J connectivity index is 2.50. The highest BCUT2D eigenvalue weighted by atomic mass is 32.1. The van der Waals surface area contributed by atoms with E-state index < -0.39 is 0 Å². The fraction of sp³-hybridized carbons (Fsp3) is 0.462. The molecule has 0 aliphatic carbocycles. The zero-order chi connectivity index (χ0) is 12.4. The van der Waals surface area contributed by atoms with E-state index in [9.17, 15) is 4.39 Å². The smallest absolute Gasteiger partial charge is 0.178 e. The molecule has 0 saturated heterocycles. The number of hydrogen-bond acceptors (Lipinski definition) is 1. The molecule has 0 saturated carbocycles. The van der Waals surface area contributed by atoms with Crippen LogP contribution < -0.4 is 0 Å². The summed E-state index contributed by atoms with van der Waals surface area (Å²) in [7, 11) is 0. The molecular formula is C13H17FN2S. The van der Waals surface area contributed by atoms with Gasteiger partial charge in [0.15, 0.2) is 4.77 Å². The number of halogens is 1. The Kier molecular flexibility index (Phi) is 3.62. The maximum Gasteiger partial charge on any atom is 0.178 e. The first-order chi connectivity index (χ1) is 8.15. The molecule has 0 amide bonds. The lowest BCUT2D eigenvalue weighted by Crippen LogP contribution is -2.04. The van der Waals surface area contributed by atoms with Crippen molar-refractivity contribution in [2.45, 2.75) is 39.2 Å². The van der Waals surface area contributed by atoms with Gasteiger partial charge in [0.25, 0.3) is 0 Å². The number of aromatic nitrogens is 2. The predicted octanol–water partition coefficient (Wildman–Crippen LogP) is 4.59. The zero-order valence-corrected chi connectivity index (χ0v) is 11.0. The SMILES string of the molecule is CCCCC(C)n1c(=S)[nH]c2c(F)cccc21. The number of benzene rings is 1. The van der Waals surface area contributed by atoms with Crippen molar-refractivity contribution in [1.29, 1.82) is 0 Å². The minimum absolute atomic E-state index is 0.241. The molecule has 0 fully saturated rings. The molecule has 1 atom stereocenters. The van der Waals surface area contributed by atoms with E-state index in [1.807, 2.05) is 10.6 Å². The van der Waals surface area contributed by atoms with Gasteiger partial charge in [-0.2, -0.15) is 0 Å². The van der Waals surface area contributed by atoms with Crippen molar-refractivity contribution in [2.24, 2.45) is 0 Å². The highest BCUT2D eigenvalue weighted by Gasteiger charge is 2.12. The Morgan fingerprint density at radius 3 is 2.94 bits per heavy atom. The molecule has 1 N–H and O–H groups in total. The molecule has 4 heteroatoms. The first-order valence-electron chi connectivity index (χ1n) is 6.04. The normalized spacial score (nSPS) is 13.1. The zero-order valence-electron chi connectivity index (χ0n) is 10.2. The fourth-order valence-electron chi connectivity index (χ4n) is 2.18. The number of hydrogen-bond donors (Lipinski definition) is 1. The van der Waals surface area contributed by atoms with Gasteiger partial charge in [-0.1, -0.05) is 25.8 Å². The van der Waals surface area contributed by atoms with Crippen molar-refractivity contribution in [3.63, 3.8) is 0 Å². The number of rotatable bonds is 4. The van der Waals surface area contributed by atoms with Crippen LogP contribution in [0.2, 0.25) is 0 Å². The molecule has 1 aromatic heterocycles. The predicted molar refractivity (Wildman–Crippen MR) is 71.3 cm³/mol. The summed E-state index contributed by atoms with van der Waals surface area (Å²) in [4.78, 5) is 2.96. The molecule has 17 heavy (non-hydrogen) atoms. The van der Waals surface area contributed by atoms with Gasteiger partial charge in [0.1, 0.15) is 11.3 Å². The average Bonchev–Trinajstić information content (AvgIpc) is 2.64. The van der Waals surface area contributed by atoms with Gasteiger partial charge < -0.3 is 9.55 Å². The molecule has 0 bridgehead atoms. The third-order valence-electron chi connectivity index (χ3n) is 3.12. The third-order valence-corrected chi connectivity index (χ3v) is 3.42. The Labute approximate surface area is 105 Å². The van der Waals surface area contributed by atoms with E-state index >= 15 is 0 Å². The molecule has 2 nitrogen and oxygen atoms in total. The van der Waals surface area contributed by atoms with E-state index in [-0.39, 0.29) is 5.82 Å². The van der Waals surface area contributed by atoms with Gasteiger partial charge >= 0.3 is 0 Å². The van der Waals surface area contributed by atoms with Gasteiger partial charge in [0.2, 0.25) is 0 Å². The minimum atomic E-state index is -0.241. The Bertz CT molecular complexity index is 570. The van der Waals surface area contributed by atoms with Gasteiger partial charge in [-0.3, -0.25) is 0 Å². The summed E-state index contributed by atoms with van der Waals surface area (Å²) in [5, 5.41) is 0. The maximum atomic E-state index is 13.6. The van der Waals surface area contributed by atoms with E-state index in [0.717, 1.165) is 24.8 Å². The first-order valence-corrected chi connectivity index (χ1v) is 6.44. The van der Waals surface area contributed by atoms with E-state index in [1.54, 1.807) is 6.07 Å². The van der Waals surface area contributed by atoms with Crippen molar-refractivity contribution in [3.05, 3.63) is 28.8 Å². The third kappa shape index (κ3) is 2.27. The Morgan fingerprint density at radius 2 is 2.24 bits per heavy atom. The number of imidazole rings is 1. The van der Waals surface area contributed by atoms with E-state index in [2.05, 4.69) is 18.8 Å². The van der Waals surface area contributed by atoms with Crippen LogP contribution in [0.5, 0.6) is 0 Å². The second kappa shape index (κ2) is 5.00. The summed E-state index contributed by atoms with van der Waals surface area (Å²) in [6, 6.07) is 5.39. The number of unbranched alkanes of at least 4 members (excludes halogenated alkanes) is 1. The van der Waals surface area contributed by atoms with Gasteiger partial charge in [-0.15, -0.1) is 0 Å². The van der Waals surface area contributed by atoms with E-state index in [0.29, 0.717) is 16.3 Å². The van der Waals surface area contributed by atoms with Gasteiger partial charge in [-0.05, 0) is 37.7 Å². The summed E-state index contributed by atoms with van der Waals surface area (Å²) in [6.45, 7) is 4.30. The molecule has 2 rings (SSSR count). The number of aromatic amines is 1. The van der Waals surface area contributed by atoms with Crippen LogP contribution in [0, 0.1) is 10.6 Å². The molecule has 92 valence electrons. The van der Waals surface area contributed by atoms with Gasteiger partial charge in [0.05, 0.1) is 5.52 Å². The van der Waals surface area contributed by atoms with Crippen molar-refractivity contribution in [3.8, 4) is 0 Å². The van der Waals surface area contributed by atoms with Crippen molar-refractivity contribution < 1.29 is 4.39 Å². The monoisotopic (exact) mass is 252 g/mol. The molecule has 0 spiro atoms. The highest BCUT2D eigenvalue weighted by Crippen LogP contribution is 2.24. The Morgan fingerprint density at radius 1 is 1.47 bits per heavy atom. The van der Waals surface area contributed by atoms with Crippen LogP contribution in [-0.4, -0.2) is 9.55 Å². The summed E-state index contributed by atoms with van der Waals surface area (Å²) in [6.07, 6.45) is 3.38. The molecule has 0 radical (unpaired) electrons. The average molecular weight is 252 g/mol. The van der Waals surface area contributed by atoms with Crippen molar-refractivity contribution >= 4 is 23.3 Å². The summed E-state index contributed by atoms with van der Waals surface area (Å²) in [5.41, 5.74) is 1.37. The number of nitrogens with zero attached hydrogens (tertiary/aromatic N) is 1.